The largest absolute Gasteiger partial charge is 0.380 e. The Balaban J connectivity index is 2.34. The summed E-state index contributed by atoms with van der Waals surface area (Å²) in [5.41, 5.74) is 10.7. The van der Waals surface area contributed by atoms with Crippen LogP contribution in [0.2, 0.25) is 0 Å². The predicted molar refractivity (Wildman–Crippen MR) is 78.0 cm³/mol. The molecule has 1 aromatic heterocycles. The Morgan fingerprint density at radius 1 is 1.32 bits per heavy atom. The van der Waals surface area contributed by atoms with Crippen molar-refractivity contribution in [3.8, 4) is 11.3 Å². The van der Waals surface area contributed by atoms with E-state index in [1.807, 2.05) is 17.7 Å². The summed E-state index contributed by atoms with van der Waals surface area (Å²) >= 11 is 0. The third kappa shape index (κ3) is 2.96. The molecule has 0 bridgehead atoms. The standard InChI is InChI=1S/C15H21N3O/c1-4-19-8-7-18-14(10-17-15(18)16)13-6-5-11(2)9-12(13)3/h5-6,9-10H,4,7-8H2,1-3H3,(H2,16,17). The van der Waals surface area contributed by atoms with Crippen molar-refractivity contribution in [3.05, 3.63) is 35.5 Å². The van der Waals surface area contributed by atoms with Crippen molar-refractivity contribution >= 4 is 5.95 Å². The number of aryl methyl sites for hydroxylation is 2. The van der Waals surface area contributed by atoms with Gasteiger partial charge in [-0.3, -0.25) is 0 Å². The highest BCUT2D eigenvalue weighted by molar-refractivity contribution is 5.65. The number of nitrogens with two attached hydrogens (primary N) is 1. The number of nitrogens with zero attached hydrogens (tertiary/aromatic N) is 2. The van der Waals surface area contributed by atoms with Gasteiger partial charge >= 0.3 is 0 Å². The zero-order valence-corrected chi connectivity index (χ0v) is 11.8. The Morgan fingerprint density at radius 3 is 2.79 bits per heavy atom. The summed E-state index contributed by atoms with van der Waals surface area (Å²) in [5.74, 6) is 0.537. The van der Waals surface area contributed by atoms with Crippen molar-refractivity contribution in [2.45, 2.75) is 27.3 Å². The number of aromatic nitrogens is 2. The Labute approximate surface area is 114 Å². The molecular formula is C15H21N3O. The van der Waals surface area contributed by atoms with Crippen LogP contribution in [0.15, 0.2) is 24.4 Å². The normalized spacial score (nSPS) is 10.9. The van der Waals surface area contributed by atoms with Crippen LogP contribution in [0, 0.1) is 13.8 Å². The van der Waals surface area contributed by atoms with Crippen LogP contribution in [0.4, 0.5) is 5.95 Å². The van der Waals surface area contributed by atoms with Gasteiger partial charge in [-0.15, -0.1) is 0 Å². The lowest BCUT2D eigenvalue weighted by atomic mass is 10.0. The molecule has 2 aromatic rings. The van der Waals surface area contributed by atoms with Crippen LogP contribution >= 0.6 is 0 Å². The topological polar surface area (TPSA) is 53.1 Å². The molecule has 4 heteroatoms. The van der Waals surface area contributed by atoms with Crippen molar-refractivity contribution in [3.63, 3.8) is 0 Å². The second-order valence-corrected chi connectivity index (χ2v) is 4.67. The molecule has 0 aliphatic heterocycles. The number of rotatable bonds is 5. The van der Waals surface area contributed by atoms with E-state index in [0.29, 0.717) is 19.2 Å². The maximum Gasteiger partial charge on any atom is 0.200 e. The van der Waals surface area contributed by atoms with Crippen molar-refractivity contribution in [2.24, 2.45) is 0 Å². The van der Waals surface area contributed by atoms with Crippen molar-refractivity contribution in [1.82, 2.24) is 9.55 Å². The lowest BCUT2D eigenvalue weighted by Gasteiger charge is -2.12. The zero-order valence-electron chi connectivity index (χ0n) is 11.8. The lowest BCUT2D eigenvalue weighted by molar-refractivity contribution is 0.139. The van der Waals surface area contributed by atoms with E-state index in [9.17, 15) is 0 Å². The molecule has 2 rings (SSSR count). The van der Waals surface area contributed by atoms with Gasteiger partial charge in [0.2, 0.25) is 5.95 Å². The molecule has 19 heavy (non-hydrogen) atoms. The highest BCUT2D eigenvalue weighted by atomic mass is 16.5. The molecule has 0 saturated heterocycles. The van der Waals surface area contributed by atoms with E-state index in [1.54, 1.807) is 0 Å². The van der Waals surface area contributed by atoms with Crippen LogP contribution < -0.4 is 5.73 Å². The van der Waals surface area contributed by atoms with E-state index in [4.69, 9.17) is 10.5 Å². The molecule has 2 N–H and O–H groups in total. The second kappa shape index (κ2) is 5.89. The van der Waals surface area contributed by atoms with Crippen molar-refractivity contribution in [1.29, 1.82) is 0 Å². The fourth-order valence-electron chi connectivity index (χ4n) is 2.24. The molecule has 0 saturated carbocycles. The Hall–Kier alpha value is -1.81. The molecule has 0 aliphatic carbocycles. The van der Waals surface area contributed by atoms with Gasteiger partial charge in [-0.2, -0.15) is 0 Å². The van der Waals surface area contributed by atoms with Crippen LogP contribution in [0.5, 0.6) is 0 Å². The summed E-state index contributed by atoms with van der Waals surface area (Å²) in [5, 5.41) is 0. The lowest BCUT2D eigenvalue weighted by Crippen LogP contribution is -2.10. The first-order valence-corrected chi connectivity index (χ1v) is 6.60. The number of hydrogen-bond donors (Lipinski definition) is 1. The smallest absolute Gasteiger partial charge is 0.200 e. The van der Waals surface area contributed by atoms with E-state index in [0.717, 1.165) is 12.2 Å². The molecule has 0 atom stereocenters. The van der Waals surface area contributed by atoms with E-state index >= 15 is 0 Å². The van der Waals surface area contributed by atoms with Crippen molar-refractivity contribution in [2.75, 3.05) is 18.9 Å². The summed E-state index contributed by atoms with van der Waals surface area (Å²) in [6.07, 6.45) is 1.83. The summed E-state index contributed by atoms with van der Waals surface area (Å²) in [6, 6.07) is 6.40. The van der Waals surface area contributed by atoms with Gasteiger partial charge in [0.25, 0.3) is 0 Å². The van der Waals surface area contributed by atoms with Gasteiger partial charge in [-0.1, -0.05) is 23.8 Å². The molecule has 4 nitrogen and oxygen atoms in total. The SMILES string of the molecule is CCOCCn1c(-c2ccc(C)cc2C)cnc1N. The number of nitrogen functional groups attached to an aromatic ring is 1. The van der Waals surface area contributed by atoms with E-state index in [2.05, 4.69) is 37.0 Å². The minimum Gasteiger partial charge on any atom is -0.380 e. The summed E-state index contributed by atoms with van der Waals surface area (Å²) in [6.45, 7) is 8.28. The monoisotopic (exact) mass is 259 g/mol. The van der Waals surface area contributed by atoms with Crippen LogP contribution in [0.1, 0.15) is 18.1 Å². The summed E-state index contributed by atoms with van der Waals surface area (Å²) in [4.78, 5) is 4.22. The number of benzene rings is 1. The average molecular weight is 259 g/mol. The summed E-state index contributed by atoms with van der Waals surface area (Å²) in [7, 11) is 0. The fourth-order valence-corrected chi connectivity index (χ4v) is 2.24. The van der Waals surface area contributed by atoms with Gasteiger partial charge in [0, 0.05) is 18.7 Å². The highest BCUT2D eigenvalue weighted by Crippen LogP contribution is 2.26. The molecule has 0 amide bonds. The molecule has 0 fully saturated rings. The van der Waals surface area contributed by atoms with Crippen LogP contribution in [0.3, 0.4) is 0 Å². The van der Waals surface area contributed by atoms with Gasteiger partial charge in [0.05, 0.1) is 18.5 Å². The zero-order chi connectivity index (χ0) is 13.8. The van der Waals surface area contributed by atoms with Crippen LogP contribution in [-0.4, -0.2) is 22.8 Å². The maximum absolute atomic E-state index is 5.94. The summed E-state index contributed by atoms with van der Waals surface area (Å²) < 4.78 is 7.41. The first-order valence-electron chi connectivity index (χ1n) is 6.60. The Kier molecular flexibility index (Phi) is 4.22. The van der Waals surface area contributed by atoms with Gasteiger partial charge in [-0.25, -0.2) is 4.98 Å². The third-order valence-electron chi connectivity index (χ3n) is 3.21. The Morgan fingerprint density at radius 2 is 2.11 bits per heavy atom. The highest BCUT2D eigenvalue weighted by Gasteiger charge is 2.11. The number of imidazole rings is 1. The minimum absolute atomic E-state index is 0.537. The number of ether oxygens (including phenoxy) is 1. The molecule has 0 radical (unpaired) electrons. The molecule has 0 spiro atoms. The van der Waals surface area contributed by atoms with E-state index in [-0.39, 0.29) is 0 Å². The predicted octanol–water partition coefficient (Wildman–Crippen LogP) is 2.79. The fraction of sp³-hybridized carbons (Fsp3) is 0.400. The third-order valence-corrected chi connectivity index (χ3v) is 3.21. The molecule has 102 valence electrons. The molecular weight excluding hydrogens is 238 g/mol. The minimum atomic E-state index is 0.537. The average Bonchev–Trinajstić information content (AvgIpc) is 2.72. The first-order chi connectivity index (χ1) is 9.13. The van der Waals surface area contributed by atoms with E-state index < -0.39 is 0 Å². The quantitative estimate of drug-likeness (QED) is 0.840. The number of anilines is 1. The second-order valence-electron chi connectivity index (χ2n) is 4.67. The molecule has 0 unspecified atom stereocenters. The molecule has 1 heterocycles. The first kappa shape index (κ1) is 13.6. The van der Waals surface area contributed by atoms with Gasteiger partial charge in [0.1, 0.15) is 0 Å². The van der Waals surface area contributed by atoms with E-state index in [1.165, 1.54) is 16.7 Å². The van der Waals surface area contributed by atoms with Gasteiger partial charge in [0.15, 0.2) is 0 Å². The number of hydrogen-bond acceptors (Lipinski definition) is 3. The van der Waals surface area contributed by atoms with Crippen molar-refractivity contribution < 1.29 is 4.74 Å². The van der Waals surface area contributed by atoms with Gasteiger partial charge < -0.3 is 15.0 Å². The molecule has 0 aliphatic rings. The maximum atomic E-state index is 5.94. The van der Waals surface area contributed by atoms with Crippen LogP contribution in [-0.2, 0) is 11.3 Å². The Bertz CT molecular complexity index is 561. The van der Waals surface area contributed by atoms with Gasteiger partial charge in [-0.05, 0) is 26.3 Å². The van der Waals surface area contributed by atoms with Crippen LogP contribution in [0.25, 0.3) is 11.3 Å². The molecule has 1 aromatic carbocycles.